The lowest BCUT2D eigenvalue weighted by molar-refractivity contribution is -0.116. The summed E-state index contributed by atoms with van der Waals surface area (Å²) >= 11 is 0. The molecule has 0 fully saturated rings. The molecular weight excluding hydrogens is 348 g/mol. The summed E-state index contributed by atoms with van der Waals surface area (Å²) in [7, 11) is -3.63. The van der Waals surface area contributed by atoms with E-state index in [1.165, 1.54) is 0 Å². The van der Waals surface area contributed by atoms with Crippen molar-refractivity contribution in [1.29, 1.82) is 0 Å². The van der Waals surface area contributed by atoms with E-state index in [1.54, 1.807) is 19.1 Å². The van der Waals surface area contributed by atoms with Crippen molar-refractivity contribution in [3.8, 4) is 0 Å². The van der Waals surface area contributed by atoms with Gasteiger partial charge in [-0.15, -0.1) is 0 Å². The van der Waals surface area contributed by atoms with Gasteiger partial charge in [0.15, 0.2) is 0 Å². The van der Waals surface area contributed by atoms with Crippen LogP contribution in [0.4, 0.5) is 5.69 Å². The van der Waals surface area contributed by atoms with E-state index >= 15 is 0 Å². The summed E-state index contributed by atoms with van der Waals surface area (Å²) < 4.78 is 27.4. The second kappa shape index (κ2) is 8.01. The molecule has 0 unspecified atom stereocenters. The number of carbonyl (C=O) groups excluding carboxylic acids is 1. The highest BCUT2D eigenvalue weighted by Gasteiger charge is 2.17. The van der Waals surface area contributed by atoms with Crippen LogP contribution in [0.15, 0.2) is 35.2 Å². The summed E-state index contributed by atoms with van der Waals surface area (Å²) in [6.45, 7) is 9.54. The minimum Gasteiger partial charge on any atom is -0.326 e. The maximum Gasteiger partial charge on any atom is 0.240 e. The van der Waals surface area contributed by atoms with E-state index in [4.69, 9.17) is 0 Å². The molecule has 2 N–H and O–H groups in total. The Morgan fingerprint density at radius 1 is 0.885 bits per heavy atom. The summed E-state index contributed by atoms with van der Waals surface area (Å²) in [4.78, 5) is 12.5. The zero-order valence-corrected chi connectivity index (χ0v) is 16.8. The Labute approximate surface area is 155 Å². The highest BCUT2D eigenvalue weighted by Crippen LogP contribution is 2.22. The average molecular weight is 375 g/mol. The largest absolute Gasteiger partial charge is 0.326 e. The fourth-order valence-electron chi connectivity index (χ4n) is 2.95. The number of benzene rings is 2. The monoisotopic (exact) mass is 374 g/mol. The van der Waals surface area contributed by atoms with Crippen LogP contribution in [0, 0.1) is 34.6 Å². The zero-order valence-electron chi connectivity index (χ0n) is 15.9. The maximum atomic E-state index is 12.4. The van der Waals surface area contributed by atoms with Crippen molar-refractivity contribution >= 4 is 21.6 Å². The summed E-state index contributed by atoms with van der Waals surface area (Å²) in [5, 5.41) is 2.88. The third-order valence-corrected chi connectivity index (χ3v) is 5.82. The van der Waals surface area contributed by atoms with Gasteiger partial charge in [-0.05, 0) is 62.9 Å². The molecule has 26 heavy (non-hydrogen) atoms. The van der Waals surface area contributed by atoms with E-state index < -0.39 is 10.0 Å². The van der Waals surface area contributed by atoms with Crippen LogP contribution in [-0.2, 0) is 14.8 Å². The molecule has 0 spiro atoms. The molecule has 1 amide bonds. The smallest absolute Gasteiger partial charge is 0.240 e. The van der Waals surface area contributed by atoms with E-state index in [0.29, 0.717) is 5.56 Å². The molecule has 0 atom stereocenters. The molecule has 2 aromatic rings. The summed E-state index contributed by atoms with van der Waals surface area (Å²) in [5.41, 5.74) is 5.47. The van der Waals surface area contributed by atoms with Crippen LogP contribution in [0.3, 0.4) is 0 Å². The van der Waals surface area contributed by atoms with Crippen LogP contribution < -0.4 is 10.0 Å². The van der Waals surface area contributed by atoms with Crippen LogP contribution in [0.2, 0.25) is 0 Å². The van der Waals surface area contributed by atoms with Gasteiger partial charge in [-0.2, -0.15) is 0 Å². The Balaban J connectivity index is 1.99. The summed E-state index contributed by atoms with van der Waals surface area (Å²) in [5.74, 6) is -0.219. The normalized spacial score (nSPS) is 11.4. The van der Waals surface area contributed by atoms with Crippen molar-refractivity contribution in [2.45, 2.75) is 45.9 Å². The van der Waals surface area contributed by atoms with Crippen LogP contribution in [0.1, 0.15) is 34.2 Å². The molecule has 0 bridgehead atoms. The average Bonchev–Trinajstić information content (AvgIpc) is 2.53. The lowest BCUT2D eigenvalue weighted by Crippen LogP contribution is -2.28. The van der Waals surface area contributed by atoms with E-state index in [9.17, 15) is 13.2 Å². The molecule has 0 aliphatic heterocycles. The van der Waals surface area contributed by atoms with Gasteiger partial charge in [0.05, 0.1) is 4.90 Å². The number of nitrogens with one attached hydrogen (secondary N) is 2. The lowest BCUT2D eigenvalue weighted by atomic mass is 10.1. The number of hydrogen-bond acceptors (Lipinski definition) is 3. The van der Waals surface area contributed by atoms with Gasteiger partial charge in [-0.25, -0.2) is 13.1 Å². The molecule has 140 valence electrons. The first-order valence-electron chi connectivity index (χ1n) is 8.55. The fraction of sp³-hybridized carbons (Fsp3) is 0.350. The van der Waals surface area contributed by atoms with Gasteiger partial charge in [0.25, 0.3) is 0 Å². The van der Waals surface area contributed by atoms with E-state index in [2.05, 4.69) is 10.0 Å². The maximum absolute atomic E-state index is 12.4. The van der Waals surface area contributed by atoms with Crippen molar-refractivity contribution in [3.63, 3.8) is 0 Å². The number of aryl methyl sites for hydroxylation is 5. The molecule has 0 aromatic heterocycles. The van der Waals surface area contributed by atoms with Crippen molar-refractivity contribution in [2.24, 2.45) is 0 Å². The van der Waals surface area contributed by atoms with Crippen molar-refractivity contribution in [3.05, 3.63) is 58.1 Å². The first kappa shape index (κ1) is 20.1. The van der Waals surface area contributed by atoms with Crippen molar-refractivity contribution in [2.75, 3.05) is 11.9 Å². The van der Waals surface area contributed by atoms with Crippen molar-refractivity contribution < 1.29 is 13.2 Å². The molecule has 0 saturated heterocycles. The Kier molecular flexibility index (Phi) is 6.21. The predicted molar refractivity (Wildman–Crippen MR) is 105 cm³/mol. The SMILES string of the molecule is Cc1cc(C)c(NC(=O)CCNS(=O)(=O)c2cc(C)ccc2C)c(C)c1. The van der Waals surface area contributed by atoms with Gasteiger partial charge in [-0.1, -0.05) is 29.8 Å². The number of sulfonamides is 1. The second-order valence-corrected chi connectivity index (χ2v) is 8.47. The second-order valence-electron chi connectivity index (χ2n) is 6.74. The Morgan fingerprint density at radius 3 is 2.12 bits per heavy atom. The third-order valence-electron chi connectivity index (χ3n) is 4.22. The Hall–Kier alpha value is -2.18. The van der Waals surface area contributed by atoms with Crippen LogP contribution in [-0.4, -0.2) is 20.9 Å². The lowest BCUT2D eigenvalue weighted by Gasteiger charge is -2.13. The summed E-state index contributed by atoms with van der Waals surface area (Å²) in [6, 6.07) is 9.29. The molecule has 0 radical (unpaired) electrons. The molecule has 5 nitrogen and oxygen atoms in total. The third kappa shape index (κ3) is 4.93. The molecule has 0 aliphatic rings. The molecule has 0 aliphatic carbocycles. The molecule has 0 saturated carbocycles. The topological polar surface area (TPSA) is 75.3 Å². The number of anilines is 1. The molecule has 6 heteroatoms. The van der Waals surface area contributed by atoms with Gasteiger partial charge >= 0.3 is 0 Å². The van der Waals surface area contributed by atoms with E-state index in [-0.39, 0.29) is 23.8 Å². The highest BCUT2D eigenvalue weighted by atomic mass is 32.2. The first-order chi connectivity index (χ1) is 12.1. The Morgan fingerprint density at radius 2 is 1.50 bits per heavy atom. The van der Waals surface area contributed by atoms with Crippen LogP contribution >= 0.6 is 0 Å². The first-order valence-corrected chi connectivity index (χ1v) is 10.0. The fourth-order valence-corrected chi connectivity index (χ4v) is 4.31. The molecule has 2 aromatic carbocycles. The number of hydrogen-bond donors (Lipinski definition) is 2. The van der Waals surface area contributed by atoms with Gasteiger partial charge in [0, 0.05) is 18.7 Å². The minimum absolute atomic E-state index is 0.0471. The Bertz CT molecular complexity index is 911. The van der Waals surface area contributed by atoms with Gasteiger partial charge in [0.2, 0.25) is 15.9 Å². The quantitative estimate of drug-likeness (QED) is 0.812. The number of amides is 1. The zero-order chi connectivity index (χ0) is 19.5. The number of carbonyl (C=O) groups is 1. The summed E-state index contributed by atoms with van der Waals surface area (Å²) in [6.07, 6.45) is 0.0663. The standard InChI is InChI=1S/C20H26N2O3S/c1-13-6-7-15(3)18(12-13)26(24,25)21-9-8-19(23)22-20-16(4)10-14(2)11-17(20)5/h6-7,10-12,21H,8-9H2,1-5H3,(H,22,23). The van der Waals surface area contributed by atoms with Crippen molar-refractivity contribution in [1.82, 2.24) is 4.72 Å². The van der Waals surface area contributed by atoms with Crippen LogP contribution in [0.25, 0.3) is 0 Å². The highest BCUT2D eigenvalue weighted by molar-refractivity contribution is 7.89. The van der Waals surface area contributed by atoms with E-state index in [1.807, 2.05) is 45.9 Å². The van der Waals surface area contributed by atoms with Crippen LogP contribution in [0.5, 0.6) is 0 Å². The van der Waals surface area contributed by atoms with Gasteiger partial charge in [0.1, 0.15) is 0 Å². The molecule has 2 rings (SSSR count). The van der Waals surface area contributed by atoms with E-state index in [0.717, 1.165) is 27.9 Å². The number of rotatable bonds is 6. The predicted octanol–water partition coefficient (Wildman–Crippen LogP) is 3.54. The molecular formula is C20H26N2O3S. The van der Waals surface area contributed by atoms with Gasteiger partial charge in [-0.3, -0.25) is 4.79 Å². The molecule has 0 heterocycles. The minimum atomic E-state index is -3.63. The van der Waals surface area contributed by atoms with Gasteiger partial charge < -0.3 is 5.32 Å².